The van der Waals surface area contributed by atoms with E-state index >= 15 is 4.39 Å². The predicted octanol–water partition coefficient (Wildman–Crippen LogP) is 3.80. The summed E-state index contributed by atoms with van der Waals surface area (Å²) < 4.78 is 53.5. The van der Waals surface area contributed by atoms with Crippen molar-refractivity contribution in [3.8, 4) is 11.5 Å². The van der Waals surface area contributed by atoms with Crippen molar-refractivity contribution in [2.45, 2.75) is 51.0 Å². The second kappa shape index (κ2) is 8.93. The van der Waals surface area contributed by atoms with Gasteiger partial charge in [-0.25, -0.2) is 4.39 Å². The lowest BCUT2D eigenvalue weighted by atomic mass is 9.90. The minimum Gasteiger partial charge on any atom is -0.395 e. The number of alkyl halides is 2. The molecule has 37 heavy (non-hydrogen) atoms. The highest BCUT2D eigenvalue weighted by atomic mass is 19.3. The van der Waals surface area contributed by atoms with Crippen LogP contribution >= 0.6 is 0 Å². The first-order valence-electron chi connectivity index (χ1n) is 11.9. The zero-order valence-corrected chi connectivity index (χ0v) is 20.2. The van der Waals surface area contributed by atoms with Gasteiger partial charge in [0.15, 0.2) is 11.5 Å². The molecule has 198 valence electrons. The van der Waals surface area contributed by atoms with E-state index in [0.29, 0.717) is 29.4 Å². The highest BCUT2D eigenvalue weighted by Crippen LogP contribution is 2.46. The summed E-state index contributed by atoms with van der Waals surface area (Å²) in [6.45, 7) is 2.78. The molecule has 8 nitrogen and oxygen atoms in total. The van der Waals surface area contributed by atoms with Crippen LogP contribution in [-0.4, -0.2) is 51.4 Å². The molecule has 3 aromatic rings. The summed E-state index contributed by atoms with van der Waals surface area (Å²) >= 11 is 0. The number of ether oxygens (including phenoxy) is 2. The van der Waals surface area contributed by atoms with Crippen molar-refractivity contribution in [3.63, 3.8) is 0 Å². The molecule has 0 saturated heterocycles. The molecule has 1 atom stereocenters. The molecule has 1 aliphatic carbocycles. The minimum atomic E-state index is -3.84. The summed E-state index contributed by atoms with van der Waals surface area (Å²) in [6.07, 6.45) is -3.70. The van der Waals surface area contributed by atoms with Crippen molar-refractivity contribution in [1.82, 2.24) is 4.57 Å². The van der Waals surface area contributed by atoms with E-state index in [9.17, 15) is 28.9 Å². The van der Waals surface area contributed by atoms with Crippen LogP contribution < -0.4 is 14.4 Å². The molecule has 3 N–H and O–H groups in total. The third-order valence-corrected chi connectivity index (χ3v) is 6.69. The standard InChI is InChI=1S/C26H27F3N2O6/c1-25(2,13-33)23-8-15-7-20(18(27)10-19(15)30(23)11-17(34)12-32)31(24(35)14-3-4-14)16-5-6-21-22(9-16)37-26(28,29)36-21/h5-10,14,17,32-34H,3-4,11-13H2,1-2H3/t17-/m1/s1. The zero-order chi connectivity index (χ0) is 26.7. The Hall–Kier alpha value is -3.28. The van der Waals surface area contributed by atoms with Gasteiger partial charge in [0.1, 0.15) is 5.82 Å². The van der Waals surface area contributed by atoms with E-state index < -0.39 is 30.2 Å². The van der Waals surface area contributed by atoms with E-state index in [1.165, 1.54) is 30.3 Å². The smallest absolute Gasteiger partial charge is 0.395 e. The van der Waals surface area contributed by atoms with Crippen molar-refractivity contribution in [2.75, 3.05) is 18.1 Å². The second-order valence-electron chi connectivity index (χ2n) is 10.1. The Bertz CT molecular complexity index is 1370. The van der Waals surface area contributed by atoms with E-state index in [2.05, 4.69) is 9.47 Å². The van der Waals surface area contributed by atoms with E-state index in [4.69, 9.17) is 0 Å². The number of rotatable bonds is 8. The van der Waals surface area contributed by atoms with Crippen molar-refractivity contribution >= 4 is 28.2 Å². The monoisotopic (exact) mass is 520 g/mol. The Morgan fingerprint density at radius 2 is 1.86 bits per heavy atom. The Morgan fingerprint density at radius 1 is 1.16 bits per heavy atom. The topological polar surface area (TPSA) is 104 Å². The first kappa shape index (κ1) is 25.4. The number of aliphatic hydroxyl groups is 3. The van der Waals surface area contributed by atoms with Crippen LogP contribution in [0.4, 0.5) is 24.5 Å². The lowest BCUT2D eigenvalue weighted by Gasteiger charge is -2.26. The molecule has 1 aromatic heterocycles. The van der Waals surface area contributed by atoms with Gasteiger partial charge < -0.3 is 29.4 Å². The molecule has 0 unspecified atom stereocenters. The molecule has 2 aliphatic rings. The maximum absolute atomic E-state index is 15.7. The molecule has 0 radical (unpaired) electrons. The fourth-order valence-corrected chi connectivity index (χ4v) is 4.52. The molecule has 2 aromatic carbocycles. The van der Waals surface area contributed by atoms with Crippen molar-refractivity contribution in [3.05, 3.63) is 47.9 Å². The molecule has 5 rings (SSSR count). The van der Waals surface area contributed by atoms with Gasteiger partial charge in [0.25, 0.3) is 0 Å². The highest BCUT2D eigenvalue weighted by Gasteiger charge is 2.44. The van der Waals surface area contributed by atoms with Gasteiger partial charge in [-0.2, -0.15) is 0 Å². The second-order valence-corrected chi connectivity index (χ2v) is 10.1. The third-order valence-electron chi connectivity index (χ3n) is 6.69. The van der Waals surface area contributed by atoms with Gasteiger partial charge in [-0.1, -0.05) is 13.8 Å². The maximum Gasteiger partial charge on any atom is 0.586 e. The number of hydrogen-bond acceptors (Lipinski definition) is 6. The van der Waals surface area contributed by atoms with Crippen LogP contribution in [-0.2, 0) is 16.8 Å². The Balaban J connectivity index is 1.65. The number of amides is 1. The molecule has 0 spiro atoms. The van der Waals surface area contributed by atoms with Crippen LogP contribution in [0.15, 0.2) is 36.4 Å². The molecule has 1 amide bonds. The van der Waals surface area contributed by atoms with Crippen LogP contribution in [0.25, 0.3) is 10.9 Å². The van der Waals surface area contributed by atoms with Gasteiger partial charge in [0.2, 0.25) is 5.91 Å². The average Bonchev–Trinajstić information content (AvgIpc) is 3.57. The summed E-state index contributed by atoms with van der Waals surface area (Å²) in [5.41, 5.74) is 0.287. The van der Waals surface area contributed by atoms with E-state index in [-0.39, 0.29) is 47.9 Å². The fraction of sp³-hybridized carbons (Fsp3) is 0.423. The largest absolute Gasteiger partial charge is 0.586 e. The number of halogens is 3. The fourth-order valence-electron chi connectivity index (χ4n) is 4.52. The molecular formula is C26H27F3N2O6. The van der Waals surface area contributed by atoms with E-state index in [1.54, 1.807) is 24.5 Å². The van der Waals surface area contributed by atoms with Gasteiger partial charge in [0, 0.05) is 34.5 Å². The summed E-state index contributed by atoms with van der Waals surface area (Å²) in [7, 11) is 0. The Labute approximate surface area is 210 Å². The third kappa shape index (κ3) is 4.62. The number of nitrogens with zero attached hydrogens (tertiary/aromatic N) is 2. The Kier molecular flexibility index (Phi) is 6.12. The van der Waals surface area contributed by atoms with E-state index in [1.807, 2.05) is 0 Å². The number of hydrogen-bond donors (Lipinski definition) is 3. The first-order chi connectivity index (χ1) is 17.4. The van der Waals surface area contributed by atoms with Gasteiger partial charge >= 0.3 is 6.29 Å². The Morgan fingerprint density at radius 3 is 2.51 bits per heavy atom. The molecule has 2 heterocycles. The minimum absolute atomic E-state index is 0.0430. The number of aliphatic hydroxyl groups excluding tert-OH is 3. The summed E-state index contributed by atoms with van der Waals surface area (Å²) in [5.74, 6) is -1.92. The van der Waals surface area contributed by atoms with Crippen LogP contribution in [0.2, 0.25) is 0 Å². The maximum atomic E-state index is 15.7. The van der Waals surface area contributed by atoms with Crippen LogP contribution in [0.1, 0.15) is 32.4 Å². The van der Waals surface area contributed by atoms with Crippen molar-refractivity contribution in [1.29, 1.82) is 0 Å². The quantitative estimate of drug-likeness (QED) is 0.418. The predicted molar refractivity (Wildman–Crippen MR) is 128 cm³/mol. The SMILES string of the molecule is CC(C)(CO)c1cc2cc(N(C(=O)C3CC3)c3ccc4c(c3)OC(F)(F)O4)c(F)cc2n1C[C@@H](O)CO. The number of anilines is 2. The van der Waals surface area contributed by atoms with E-state index in [0.717, 1.165) is 4.90 Å². The average molecular weight is 521 g/mol. The normalized spacial score (nSPS) is 17.3. The molecular weight excluding hydrogens is 493 g/mol. The van der Waals surface area contributed by atoms with Gasteiger partial charge in [-0.05, 0) is 37.1 Å². The number of fused-ring (bicyclic) bond motifs is 2. The zero-order valence-electron chi connectivity index (χ0n) is 20.2. The van der Waals surface area contributed by atoms with Crippen LogP contribution in [0, 0.1) is 11.7 Å². The molecule has 1 fully saturated rings. The number of carbonyl (C=O) groups excluding carboxylic acids is 1. The summed E-state index contributed by atoms with van der Waals surface area (Å²) in [5, 5.41) is 30.0. The number of aromatic nitrogens is 1. The van der Waals surface area contributed by atoms with Crippen molar-refractivity contribution in [2.24, 2.45) is 5.92 Å². The molecule has 0 bridgehead atoms. The molecule has 1 saturated carbocycles. The van der Waals surface area contributed by atoms with Gasteiger partial charge in [-0.3, -0.25) is 9.69 Å². The van der Waals surface area contributed by atoms with Crippen molar-refractivity contribution < 1.29 is 42.8 Å². The number of benzene rings is 2. The van der Waals surface area contributed by atoms with Crippen LogP contribution in [0.5, 0.6) is 11.5 Å². The van der Waals surface area contributed by atoms with Gasteiger partial charge in [-0.15, -0.1) is 8.78 Å². The van der Waals surface area contributed by atoms with Gasteiger partial charge in [0.05, 0.1) is 42.8 Å². The highest BCUT2D eigenvalue weighted by molar-refractivity contribution is 6.04. The number of carbonyl (C=O) groups is 1. The lowest BCUT2D eigenvalue weighted by molar-refractivity contribution is -0.286. The first-order valence-corrected chi connectivity index (χ1v) is 11.9. The summed E-state index contributed by atoms with van der Waals surface area (Å²) in [6, 6.07) is 8.27. The lowest BCUT2D eigenvalue weighted by Crippen LogP contribution is -2.29. The summed E-state index contributed by atoms with van der Waals surface area (Å²) in [4.78, 5) is 14.5. The van der Waals surface area contributed by atoms with Crippen LogP contribution in [0.3, 0.4) is 0 Å². The molecule has 11 heteroatoms. The molecule has 1 aliphatic heterocycles.